The van der Waals surface area contributed by atoms with Gasteiger partial charge in [0.15, 0.2) is 5.69 Å². The third-order valence-corrected chi connectivity index (χ3v) is 3.46. The Bertz CT molecular complexity index is 607. The molecule has 0 fully saturated rings. The van der Waals surface area contributed by atoms with Crippen molar-refractivity contribution in [2.75, 3.05) is 13.7 Å². The Morgan fingerprint density at radius 1 is 1.36 bits per heavy atom. The maximum Gasteiger partial charge on any atom is 0.272 e. The van der Waals surface area contributed by atoms with Gasteiger partial charge < -0.3 is 15.2 Å². The number of rotatable bonds is 7. The molecule has 0 aliphatic carbocycles. The van der Waals surface area contributed by atoms with E-state index in [1.165, 1.54) is 0 Å². The summed E-state index contributed by atoms with van der Waals surface area (Å²) in [7, 11) is 1.61. The van der Waals surface area contributed by atoms with Gasteiger partial charge in [0.05, 0.1) is 12.8 Å². The van der Waals surface area contributed by atoms with Crippen molar-refractivity contribution in [2.45, 2.75) is 25.8 Å². The first-order chi connectivity index (χ1) is 10.7. The van der Waals surface area contributed by atoms with Crippen LogP contribution in [0.3, 0.4) is 0 Å². The van der Waals surface area contributed by atoms with Gasteiger partial charge in [-0.2, -0.15) is 5.10 Å². The number of carbonyl (C=O) groups excluding carboxylic acids is 1. The summed E-state index contributed by atoms with van der Waals surface area (Å²) in [4.78, 5) is 12.1. The molecular weight excluding hydrogens is 282 g/mol. The highest BCUT2D eigenvalue weighted by Crippen LogP contribution is 2.14. The van der Waals surface area contributed by atoms with E-state index in [0.29, 0.717) is 12.1 Å². The number of aliphatic hydroxyl groups is 1. The van der Waals surface area contributed by atoms with E-state index in [0.717, 1.165) is 17.9 Å². The molecule has 1 aromatic heterocycles. The number of carbonyl (C=O) groups is 1. The molecule has 0 saturated heterocycles. The SMILES string of the molecule is CCC(CCO)NC(=O)c1ccn(-c2ccc(OC)cc2)n1. The molecule has 6 nitrogen and oxygen atoms in total. The van der Waals surface area contributed by atoms with Crippen molar-refractivity contribution in [3.05, 3.63) is 42.2 Å². The smallest absolute Gasteiger partial charge is 0.272 e. The Morgan fingerprint density at radius 3 is 2.68 bits per heavy atom. The highest BCUT2D eigenvalue weighted by atomic mass is 16.5. The van der Waals surface area contributed by atoms with E-state index in [4.69, 9.17) is 9.84 Å². The maximum absolute atomic E-state index is 12.1. The average molecular weight is 303 g/mol. The Kier molecular flexibility index (Phi) is 5.55. The molecule has 1 heterocycles. The largest absolute Gasteiger partial charge is 0.497 e. The third kappa shape index (κ3) is 3.85. The molecule has 22 heavy (non-hydrogen) atoms. The summed E-state index contributed by atoms with van der Waals surface area (Å²) < 4.78 is 6.75. The van der Waals surface area contributed by atoms with Crippen molar-refractivity contribution in [2.24, 2.45) is 0 Å². The second-order valence-electron chi connectivity index (χ2n) is 4.93. The number of benzene rings is 1. The summed E-state index contributed by atoms with van der Waals surface area (Å²) >= 11 is 0. The van der Waals surface area contributed by atoms with Crippen LogP contribution in [0.25, 0.3) is 5.69 Å². The molecule has 1 unspecified atom stereocenters. The predicted octanol–water partition coefficient (Wildman–Crippen LogP) is 1.77. The van der Waals surface area contributed by atoms with Gasteiger partial charge in [0, 0.05) is 18.8 Å². The first-order valence-electron chi connectivity index (χ1n) is 7.29. The average Bonchev–Trinajstić information content (AvgIpc) is 3.04. The van der Waals surface area contributed by atoms with Crippen molar-refractivity contribution in [3.63, 3.8) is 0 Å². The van der Waals surface area contributed by atoms with E-state index in [9.17, 15) is 4.79 Å². The first-order valence-corrected chi connectivity index (χ1v) is 7.29. The van der Waals surface area contributed by atoms with Gasteiger partial charge in [-0.1, -0.05) is 6.92 Å². The van der Waals surface area contributed by atoms with Gasteiger partial charge in [-0.15, -0.1) is 0 Å². The Labute approximate surface area is 129 Å². The molecule has 2 aromatic rings. The van der Waals surface area contributed by atoms with Gasteiger partial charge in [-0.3, -0.25) is 4.79 Å². The number of amides is 1. The molecule has 0 saturated carbocycles. The monoisotopic (exact) mass is 303 g/mol. The summed E-state index contributed by atoms with van der Waals surface area (Å²) in [5.41, 5.74) is 1.20. The van der Waals surface area contributed by atoms with E-state index in [1.807, 2.05) is 31.2 Å². The van der Waals surface area contributed by atoms with Crippen LogP contribution in [0, 0.1) is 0 Å². The van der Waals surface area contributed by atoms with E-state index in [1.54, 1.807) is 24.1 Å². The molecule has 0 aliphatic rings. The minimum Gasteiger partial charge on any atom is -0.497 e. The van der Waals surface area contributed by atoms with Crippen molar-refractivity contribution in [1.82, 2.24) is 15.1 Å². The van der Waals surface area contributed by atoms with Gasteiger partial charge in [0.2, 0.25) is 0 Å². The number of nitrogens with zero attached hydrogens (tertiary/aromatic N) is 2. The highest BCUT2D eigenvalue weighted by Gasteiger charge is 2.14. The fourth-order valence-corrected chi connectivity index (χ4v) is 2.12. The van der Waals surface area contributed by atoms with Crippen LogP contribution < -0.4 is 10.1 Å². The summed E-state index contributed by atoms with van der Waals surface area (Å²) in [6.07, 6.45) is 3.05. The Morgan fingerprint density at radius 2 is 2.09 bits per heavy atom. The first kappa shape index (κ1) is 16.0. The minimum absolute atomic E-state index is 0.0383. The second-order valence-corrected chi connectivity index (χ2v) is 4.93. The number of aliphatic hydroxyl groups excluding tert-OH is 1. The van der Waals surface area contributed by atoms with Gasteiger partial charge in [0.1, 0.15) is 5.75 Å². The number of aromatic nitrogens is 2. The van der Waals surface area contributed by atoms with Crippen LogP contribution in [0.2, 0.25) is 0 Å². The third-order valence-electron chi connectivity index (χ3n) is 3.46. The summed E-state index contributed by atoms with van der Waals surface area (Å²) in [5, 5.41) is 16.1. The molecule has 6 heteroatoms. The maximum atomic E-state index is 12.1. The molecule has 0 radical (unpaired) electrons. The van der Waals surface area contributed by atoms with Crippen molar-refractivity contribution in [3.8, 4) is 11.4 Å². The fourth-order valence-electron chi connectivity index (χ4n) is 2.12. The molecule has 118 valence electrons. The Balaban J connectivity index is 2.08. The van der Waals surface area contributed by atoms with Crippen molar-refractivity contribution >= 4 is 5.91 Å². The van der Waals surface area contributed by atoms with Crippen LogP contribution in [0.4, 0.5) is 0 Å². The van der Waals surface area contributed by atoms with Crippen LogP contribution in [-0.4, -0.2) is 40.6 Å². The zero-order valence-electron chi connectivity index (χ0n) is 12.8. The Hall–Kier alpha value is -2.34. The molecular formula is C16H21N3O3. The number of hydrogen-bond donors (Lipinski definition) is 2. The van der Waals surface area contributed by atoms with Crippen LogP contribution in [0.5, 0.6) is 5.75 Å². The van der Waals surface area contributed by atoms with Gasteiger partial charge >= 0.3 is 0 Å². The van der Waals surface area contributed by atoms with Gasteiger partial charge in [0.25, 0.3) is 5.91 Å². The minimum atomic E-state index is -0.229. The number of hydrogen-bond acceptors (Lipinski definition) is 4. The zero-order chi connectivity index (χ0) is 15.9. The van der Waals surface area contributed by atoms with Gasteiger partial charge in [-0.05, 0) is 43.2 Å². The quantitative estimate of drug-likeness (QED) is 0.817. The fraction of sp³-hybridized carbons (Fsp3) is 0.375. The summed E-state index contributed by atoms with van der Waals surface area (Å²) in [5.74, 6) is 0.538. The molecule has 0 bridgehead atoms. The lowest BCUT2D eigenvalue weighted by molar-refractivity contribution is 0.0923. The van der Waals surface area contributed by atoms with Gasteiger partial charge in [-0.25, -0.2) is 4.68 Å². The molecule has 1 amide bonds. The zero-order valence-corrected chi connectivity index (χ0v) is 12.8. The topological polar surface area (TPSA) is 76.4 Å². The molecule has 1 atom stereocenters. The van der Waals surface area contributed by atoms with Crippen molar-refractivity contribution in [1.29, 1.82) is 0 Å². The van der Waals surface area contributed by atoms with E-state index < -0.39 is 0 Å². The van der Waals surface area contributed by atoms with E-state index in [-0.39, 0.29) is 18.6 Å². The van der Waals surface area contributed by atoms with Crippen LogP contribution in [0.15, 0.2) is 36.5 Å². The predicted molar refractivity (Wildman–Crippen MR) is 83.4 cm³/mol. The summed E-state index contributed by atoms with van der Waals surface area (Å²) in [6.45, 7) is 2.02. The molecule has 2 N–H and O–H groups in total. The van der Waals surface area contributed by atoms with Crippen LogP contribution >= 0.6 is 0 Å². The van der Waals surface area contributed by atoms with E-state index in [2.05, 4.69) is 10.4 Å². The normalized spacial score (nSPS) is 12.0. The molecule has 1 aromatic carbocycles. The van der Waals surface area contributed by atoms with E-state index >= 15 is 0 Å². The summed E-state index contributed by atoms with van der Waals surface area (Å²) in [6, 6.07) is 9.05. The molecule has 2 rings (SSSR count). The standard InChI is InChI=1S/C16H21N3O3/c1-3-12(9-11-20)17-16(21)15-8-10-19(18-15)13-4-6-14(22-2)7-5-13/h4-8,10,12,20H,3,9,11H2,1-2H3,(H,17,21). The number of ether oxygens (including phenoxy) is 1. The van der Waals surface area contributed by atoms with Crippen LogP contribution in [-0.2, 0) is 0 Å². The lowest BCUT2D eigenvalue weighted by Crippen LogP contribution is -2.35. The number of nitrogens with one attached hydrogen (secondary N) is 1. The number of methoxy groups -OCH3 is 1. The highest BCUT2D eigenvalue weighted by molar-refractivity contribution is 5.92. The van der Waals surface area contributed by atoms with Crippen LogP contribution in [0.1, 0.15) is 30.3 Å². The molecule has 0 spiro atoms. The van der Waals surface area contributed by atoms with Crippen molar-refractivity contribution < 1.29 is 14.6 Å². The lowest BCUT2D eigenvalue weighted by Gasteiger charge is -2.14. The lowest BCUT2D eigenvalue weighted by atomic mass is 10.1. The second kappa shape index (κ2) is 7.61. The molecule has 0 aliphatic heterocycles.